The Morgan fingerprint density at radius 2 is 1.79 bits per heavy atom. The fourth-order valence-corrected chi connectivity index (χ4v) is 5.24. The number of unbranched alkanes of at least 4 members (excludes halogenated alkanes) is 1. The highest BCUT2D eigenvalue weighted by molar-refractivity contribution is 6.06. The molecule has 5 rings (SSSR count). The molecule has 1 fully saturated rings. The number of nitrogens with two attached hydrogens (primary N) is 1. The largest absolute Gasteiger partial charge is 0.382 e. The summed E-state index contributed by atoms with van der Waals surface area (Å²) in [5, 5.41) is 1.07. The quantitative estimate of drug-likeness (QED) is 0.322. The fraction of sp³-hybridized carbons (Fsp3) is 0.433. The van der Waals surface area contributed by atoms with Crippen molar-refractivity contribution in [3.63, 3.8) is 0 Å². The van der Waals surface area contributed by atoms with Crippen LogP contribution in [0.15, 0.2) is 54.6 Å². The molecule has 0 unspecified atom stereocenters. The molecule has 0 spiro atoms. The number of benzene rings is 2. The highest BCUT2D eigenvalue weighted by Gasteiger charge is 2.21. The number of hydrogen-bond acceptors (Lipinski definition) is 6. The van der Waals surface area contributed by atoms with Crippen LogP contribution in [0.2, 0.25) is 0 Å². The van der Waals surface area contributed by atoms with Crippen LogP contribution in [0.1, 0.15) is 37.6 Å². The molecule has 0 saturated carbocycles. The third-order valence-electron chi connectivity index (χ3n) is 7.28. The Bertz CT molecular complexity index is 1360. The van der Waals surface area contributed by atoms with Crippen LogP contribution >= 0.6 is 0 Å². The van der Waals surface area contributed by atoms with Crippen molar-refractivity contribution in [3.05, 3.63) is 66.0 Å². The number of pyridine rings is 1. The number of amides is 1. The maximum absolute atomic E-state index is 13.4. The predicted molar refractivity (Wildman–Crippen MR) is 152 cm³/mol. The Balaban J connectivity index is 1.39. The van der Waals surface area contributed by atoms with Gasteiger partial charge in [-0.3, -0.25) is 9.69 Å². The van der Waals surface area contributed by atoms with E-state index < -0.39 is 0 Å². The van der Waals surface area contributed by atoms with Crippen LogP contribution in [0.5, 0.6) is 0 Å². The van der Waals surface area contributed by atoms with Gasteiger partial charge in [-0.15, -0.1) is 0 Å². The van der Waals surface area contributed by atoms with Crippen LogP contribution < -0.4 is 5.73 Å². The summed E-state index contributed by atoms with van der Waals surface area (Å²) in [6.45, 7) is 7.64. The van der Waals surface area contributed by atoms with Gasteiger partial charge in [0, 0.05) is 44.5 Å². The van der Waals surface area contributed by atoms with Gasteiger partial charge in [-0.1, -0.05) is 61.9 Å². The van der Waals surface area contributed by atoms with E-state index in [9.17, 15) is 4.79 Å². The molecular formula is C30H38N6O2. The summed E-state index contributed by atoms with van der Waals surface area (Å²) in [6.07, 6.45) is 3.87. The molecular weight excluding hydrogens is 476 g/mol. The molecule has 2 aromatic heterocycles. The third-order valence-corrected chi connectivity index (χ3v) is 7.28. The molecule has 1 saturated heterocycles. The molecule has 38 heavy (non-hydrogen) atoms. The zero-order valence-corrected chi connectivity index (χ0v) is 22.3. The summed E-state index contributed by atoms with van der Waals surface area (Å²) in [6, 6.07) is 18.4. The Morgan fingerprint density at radius 3 is 2.58 bits per heavy atom. The minimum absolute atomic E-state index is 0.163. The number of para-hydroxylation sites is 1. The summed E-state index contributed by atoms with van der Waals surface area (Å²) in [4.78, 5) is 27.2. The van der Waals surface area contributed by atoms with Gasteiger partial charge >= 0.3 is 0 Å². The predicted octanol–water partition coefficient (Wildman–Crippen LogP) is 4.26. The molecule has 4 aromatic rings. The molecule has 8 heteroatoms. The van der Waals surface area contributed by atoms with Crippen molar-refractivity contribution in [2.24, 2.45) is 0 Å². The Morgan fingerprint density at radius 1 is 1.03 bits per heavy atom. The summed E-state index contributed by atoms with van der Waals surface area (Å²) in [5.41, 5.74) is 10.2. The van der Waals surface area contributed by atoms with Crippen molar-refractivity contribution < 1.29 is 9.53 Å². The number of hydrogen-bond donors (Lipinski definition) is 1. The first-order valence-corrected chi connectivity index (χ1v) is 13.8. The first-order chi connectivity index (χ1) is 18.6. The number of imidazole rings is 1. The Kier molecular flexibility index (Phi) is 8.51. The topological polar surface area (TPSA) is 89.5 Å². The van der Waals surface area contributed by atoms with Crippen molar-refractivity contribution >= 4 is 33.7 Å². The van der Waals surface area contributed by atoms with Gasteiger partial charge in [0.25, 0.3) is 0 Å². The second-order valence-corrected chi connectivity index (χ2v) is 10.0. The van der Waals surface area contributed by atoms with E-state index in [0.29, 0.717) is 38.7 Å². The van der Waals surface area contributed by atoms with Crippen LogP contribution in [-0.2, 0) is 29.0 Å². The number of aromatic nitrogens is 3. The van der Waals surface area contributed by atoms with Gasteiger partial charge in [0.1, 0.15) is 11.3 Å². The molecule has 2 aromatic carbocycles. The molecule has 8 nitrogen and oxygen atoms in total. The maximum atomic E-state index is 13.4. The van der Waals surface area contributed by atoms with Crippen LogP contribution in [0, 0.1) is 0 Å². The lowest BCUT2D eigenvalue weighted by molar-refractivity contribution is -0.134. The Hall–Kier alpha value is -3.49. The van der Waals surface area contributed by atoms with E-state index in [2.05, 4.69) is 39.6 Å². The SMILES string of the molecule is CCCCc1nc2c(N)nc3ccccc3c2n1CCCN(Cc1ccccc1)C(=O)CN1CCOCC1. The van der Waals surface area contributed by atoms with Gasteiger partial charge in [-0.05, 0) is 24.5 Å². The van der Waals surface area contributed by atoms with Crippen LogP contribution in [0.3, 0.4) is 0 Å². The van der Waals surface area contributed by atoms with Crippen LogP contribution in [0.4, 0.5) is 5.82 Å². The first-order valence-electron chi connectivity index (χ1n) is 13.8. The van der Waals surface area contributed by atoms with E-state index in [1.54, 1.807) is 0 Å². The van der Waals surface area contributed by atoms with Gasteiger partial charge in [-0.25, -0.2) is 9.97 Å². The normalized spacial score (nSPS) is 14.3. The molecule has 0 atom stereocenters. The first kappa shape index (κ1) is 26.1. The number of rotatable bonds is 11. The third kappa shape index (κ3) is 5.97. The molecule has 0 aliphatic carbocycles. The second kappa shape index (κ2) is 12.4. The van der Waals surface area contributed by atoms with Gasteiger partial charge in [0.05, 0.1) is 30.8 Å². The molecule has 1 aliphatic heterocycles. The minimum Gasteiger partial charge on any atom is -0.382 e. The standard InChI is InChI=1S/C30H38N6O2/c1-2-3-14-26-33-28-29(24-12-7-8-13-25(24)32-30(28)31)36(26)16-9-15-35(21-23-10-5-4-6-11-23)27(37)22-34-17-19-38-20-18-34/h4-8,10-13H,2-3,9,14-22H2,1H3,(H2,31,32). The van der Waals surface area contributed by atoms with Crippen molar-refractivity contribution in [3.8, 4) is 0 Å². The maximum Gasteiger partial charge on any atom is 0.237 e. The number of morpholine rings is 1. The number of carbonyl (C=O) groups excluding carboxylic acids is 1. The van der Waals surface area contributed by atoms with Gasteiger partial charge in [0.15, 0.2) is 5.82 Å². The van der Waals surface area contributed by atoms with Crippen molar-refractivity contribution in [2.75, 3.05) is 45.1 Å². The highest BCUT2D eigenvalue weighted by Crippen LogP contribution is 2.29. The van der Waals surface area contributed by atoms with E-state index >= 15 is 0 Å². The average molecular weight is 515 g/mol. The van der Waals surface area contributed by atoms with Gasteiger partial charge in [0.2, 0.25) is 5.91 Å². The van der Waals surface area contributed by atoms with E-state index in [4.69, 9.17) is 15.5 Å². The average Bonchev–Trinajstić information content (AvgIpc) is 3.31. The minimum atomic E-state index is 0.163. The summed E-state index contributed by atoms with van der Waals surface area (Å²) in [5.74, 6) is 1.68. The number of anilines is 1. The summed E-state index contributed by atoms with van der Waals surface area (Å²) >= 11 is 0. The summed E-state index contributed by atoms with van der Waals surface area (Å²) in [7, 11) is 0. The van der Waals surface area contributed by atoms with E-state index in [1.807, 2.05) is 41.3 Å². The summed E-state index contributed by atoms with van der Waals surface area (Å²) < 4.78 is 7.79. The molecule has 0 radical (unpaired) electrons. The lowest BCUT2D eigenvalue weighted by Crippen LogP contribution is -2.45. The number of nitrogen functional groups attached to an aromatic ring is 1. The van der Waals surface area contributed by atoms with Crippen molar-refractivity contribution in [1.29, 1.82) is 0 Å². The number of aryl methyl sites for hydroxylation is 2. The highest BCUT2D eigenvalue weighted by atomic mass is 16.5. The number of nitrogens with zero attached hydrogens (tertiary/aromatic N) is 5. The van der Waals surface area contributed by atoms with Crippen LogP contribution in [-0.4, -0.2) is 69.6 Å². The molecule has 2 N–H and O–H groups in total. The van der Waals surface area contributed by atoms with E-state index in [-0.39, 0.29) is 5.91 Å². The molecule has 1 aliphatic rings. The molecule has 3 heterocycles. The fourth-order valence-electron chi connectivity index (χ4n) is 5.24. The zero-order valence-electron chi connectivity index (χ0n) is 22.3. The lowest BCUT2D eigenvalue weighted by Gasteiger charge is -2.30. The van der Waals surface area contributed by atoms with E-state index in [0.717, 1.165) is 78.6 Å². The molecule has 200 valence electrons. The number of ether oxygens (including phenoxy) is 1. The van der Waals surface area contributed by atoms with E-state index in [1.165, 1.54) is 0 Å². The number of carbonyl (C=O) groups is 1. The van der Waals surface area contributed by atoms with Crippen molar-refractivity contribution in [1.82, 2.24) is 24.3 Å². The van der Waals surface area contributed by atoms with Crippen molar-refractivity contribution in [2.45, 2.75) is 45.7 Å². The lowest BCUT2D eigenvalue weighted by atomic mass is 10.1. The van der Waals surface area contributed by atoms with Gasteiger partial charge < -0.3 is 19.9 Å². The van der Waals surface area contributed by atoms with Crippen LogP contribution in [0.25, 0.3) is 21.9 Å². The number of fused-ring (bicyclic) bond motifs is 3. The molecule has 1 amide bonds. The zero-order chi connectivity index (χ0) is 26.3. The smallest absolute Gasteiger partial charge is 0.237 e. The monoisotopic (exact) mass is 514 g/mol. The second-order valence-electron chi connectivity index (χ2n) is 10.0. The Labute approximate surface area is 224 Å². The molecule has 0 bridgehead atoms. The van der Waals surface area contributed by atoms with Gasteiger partial charge in [-0.2, -0.15) is 0 Å².